The number of carbonyl (C=O) groups excluding carboxylic acids is 2. The summed E-state index contributed by atoms with van der Waals surface area (Å²) in [5.74, 6) is -0.597. The standard InChI is InChI=1S/C19H17NO3/c1-3-11-23-15-10-9-13(2)17-16(15)18(21)19(22)20(17)12-14-7-5-4-6-8-14/h3-10H,1,11-12H2,2H3. The Morgan fingerprint density at radius 2 is 1.87 bits per heavy atom. The quantitative estimate of drug-likeness (QED) is 0.629. The Hall–Kier alpha value is -2.88. The van der Waals surface area contributed by atoms with E-state index >= 15 is 0 Å². The van der Waals surface area contributed by atoms with Crippen LogP contribution in [0, 0.1) is 6.92 Å². The van der Waals surface area contributed by atoms with Crippen molar-refractivity contribution in [1.82, 2.24) is 0 Å². The number of ketones is 1. The summed E-state index contributed by atoms with van der Waals surface area (Å²) in [5, 5.41) is 0. The highest BCUT2D eigenvalue weighted by Gasteiger charge is 2.39. The fourth-order valence-electron chi connectivity index (χ4n) is 2.76. The zero-order valence-electron chi connectivity index (χ0n) is 12.9. The Labute approximate surface area is 135 Å². The van der Waals surface area contributed by atoms with Crippen LogP contribution in [-0.4, -0.2) is 18.3 Å². The summed E-state index contributed by atoms with van der Waals surface area (Å²) >= 11 is 0. The van der Waals surface area contributed by atoms with Gasteiger partial charge in [-0.05, 0) is 24.1 Å². The number of hydrogen-bond acceptors (Lipinski definition) is 3. The maximum atomic E-state index is 12.4. The highest BCUT2D eigenvalue weighted by molar-refractivity contribution is 6.53. The second-order valence-corrected chi connectivity index (χ2v) is 5.41. The number of ether oxygens (including phenoxy) is 1. The first-order chi connectivity index (χ1) is 11.1. The maximum absolute atomic E-state index is 12.4. The molecule has 23 heavy (non-hydrogen) atoms. The van der Waals surface area contributed by atoms with E-state index in [9.17, 15) is 9.59 Å². The normalized spacial score (nSPS) is 13.2. The van der Waals surface area contributed by atoms with Crippen LogP contribution in [0.3, 0.4) is 0 Å². The van der Waals surface area contributed by atoms with E-state index in [1.54, 1.807) is 12.1 Å². The van der Waals surface area contributed by atoms with E-state index < -0.39 is 11.7 Å². The Morgan fingerprint density at radius 1 is 1.13 bits per heavy atom. The zero-order chi connectivity index (χ0) is 16.4. The van der Waals surface area contributed by atoms with Crippen LogP contribution in [-0.2, 0) is 11.3 Å². The molecular formula is C19H17NO3. The first kappa shape index (κ1) is 15.0. The van der Waals surface area contributed by atoms with Gasteiger partial charge in [-0.3, -0.25) is 14.5 Å². The van der Waals surface area contributed by atoms with Gasteiger partial charge in [0.05, 0.1) is 17.8 Å². The van der Waals surface area contributed by atoms with Crippen molar-refractivity contribution in [2.24, 2.45) is 0 Å². The monoisotopic (exact) mass is 307 g/mol. The molecule has 0 N–H and O–H groups in total. The van der Waals surface area contributed by atoms with Crippen LogP contribution in [0.4, 0.5) is 5.69 Å². The largest absolute Gasteiger partial charge is 0.489 e. The molecule has 1 aliphatic rings. The first-order valence-electron chi connectivity index (χ1n) is 7.41. The van der Waals surface area contributed by atoms with Crippen molar-refractivity contribution in [1.29, 1.82) is 0 Å². The summed E-state index contributed by atoms with van der Waals surface area (Å²) in [5.41, 5.74) is 2.84. The summed E-state index contributed by atoms with van der Waals surface area (Å²) in [7, 11) is 0. The van der Waals surface area contributed by atoms with Crippen LogP contribution >= 0.6 is 0 Å². The lowest BCUT2D eigenvalue weighted by Crippen LogP contribution is -2.29. The lowest BCUT2D eigenvalue weighted by Gasteiger charge is -2.19. The lowest BCUT2D eigenvalue weighted by molar-refractivity contribution is -0.114. The molecule has 1 amide bonds. The van der Waals surface area contributed by atoms with E-state index in [1.165, 1.54) is 4.90 Å². The smallest absolute Gasteiger partial charge is 0.299 e. The SMILES string of the molecule is C=CCOc1ccc(C)c2c1C(=O)C(=O)N2Cc1ccccc1. The molecule has 0 aliphatic carbocycles. The minimum absolute atomic E-state index is 0.287. The lowest BCUT2D eigenvalue weighted by atomic mass is 10.1. The van der Waals surface area contributed by atoms with Gasteiger partial charge < -0.3 is 4.74 Å². The molecular weight excluding hydrogens is 290 g/mol. The highest BCUT2D eigenvalue weighted by atomic mass is 16.5. The van der Waals surface area contributed by atoms with Gasteiger partial charge in [0, 0.05) is 0 Å². The maximum Gasteiger partial charge on any atom is 0.299 e. The molecule has 0 saturated carbocycles. The predicted octanol–water partition coefficient (Wildman–Crippen LogP) is 3.29. The van der Waals surface area contributed by atoms with Crippen LogP contribution < -0.4 is 9.64 Å². The Kier molecular flexibility index (Phi) is 3.98. The molecule has 2 aromatic rings. The molecule has 0 unspecified atom stereocenters. The molecule has 4 nitrogen and oxygen atoms in total. The Balaban J connectivity index is 2.05. The molecule has 0 spiro atoms. The molecule has 2 aromatic carbocycles. The summed E-state index contributed by atoms with van der Waals surface area (Å²) in [6, 6.07) is 13.2. The van der Waals surface area contributed by atoms with Gasteiger partial charge in [0.25, 0.3) is 11.7 Å². The van der Waals surface area contributed by atoms with Crippen molar-refractivity contribution in [3.8, 4) is 5.75 Å². The highest BCUT2D eigenvalue weighted by Crippen LogP contribution is 2.39. The molecule has 1 aliphatic heterocycles. The van der Waals surface area contributed by atoms with E-state index in [-0.39, 0.29) is 6.61 Å². The summed E-state index contributed by atoms with van der Waals surface area (Å²) in [6.45, 7) is 6.15. The molecule has 116 valence electrons. The van der Waals surface area contributed by atoms with Crippen molar-refractivity contribution in [3.63, 3.8) is 0 Å². The number of anilines is 1. The number of fused-ring (bicyclic) bond motifs is 1. The molecule has 1 heterocycles. The predicted molar refractivity (Wildman–Crippen MR) is 88.8 cm³/mol. The molecule has 0 radical (unpaired) electrons. The third-order valence-corrected chi connectivity index (χ3v) is 3.82. The fourth-order valence-corrected chi connectivity index (χ4v) is 2.76. The average molecular weight is 307 g/mol. The molecule has 3 rings (SSSR count). The Morgan fingerprint density at radius 3 is 2.57 bits per heavy atom. The third kappa shape index (κ3) is 2.63. The van der Waals surface area contributed by atoms with E-state index in [1.807, 2.05) is 43.3 Å². The van der Waals surface area contributed by atoms with E-state index in [2.05, 4.69) is 6.58 Å². The second-order valence-electron chi connectivity index (χ2n) is 5.41. The number of nitrogens with zero attached hydrogens (tertiary/aromatic N) is 1. The van der Waals surface area contributed by atoms with Crippen molar-refractivity contribution in [3.05, 3.63) is 71.8 Å². The summed E-state index contributed by atoms with van der Waals surface area (Å²) in [6.07, 6.45) is 1.61. The average Bonchev–Trinajstić information content (AvgIpc) is 2.82. The first-order valence-corrected chi connectivity index (χ1v) is 7.41. The van der Waals surface area contributed by atoms with Gasteiger partial charge in [0.2, 0.25) is 0 Å². The topological polar surface area (TPSA) is 46.6 Å². The third-order valence-electron chi connectivity index (χ3n) is 3.82. The van der Waals surface area contributed by atoms with Gasteiger partial charge in [-0.25, -0.2) is 0 Å². The van der Waals surface area contributed by atoms with Crippen molar-refractivity contribution in [2.75, 3.05) is 11.5 Å². The molecule has 0 bridgehead atoms. The van der Waals surface area contributed by atoms with Crippen molar-refractivity contribution >= 4 is 17.4 Å². The van der Waals surface area contributed by atoms with Crippen LogP contribution in [0.15, 0.2) is 55.1 Å². The van der Waals surface area contributed by atoms with Crippen LogP contribution in [0.5, 0.6) is 5.75 Å². The summed E-state index contributed by atoms with van der Waals surface area (Å²) in [4.78, 5) is 26.4. The number of rotatable bonds is 5. The van der Waals surface area contributed by atoms with Gasteiger partial charge in [-0.1, -0.05) is 49.1 Å². The van der Waals surface area contributed by atoms with Gasteiger partial charge in [-0.2, -0.15) is 0 Å². The summed E-state index contributed by atoms with van der Waals surface area (Å²) < 4.78 is 5.55. The number of hydrogen-bond donors (Lipinski definition) is 0. The molecule has 4 heteroatoms. The number of aryl methyl sites for hydroxylation is 1. The van der Waals surface area contributed by atoms with E-state index in [4.69, 9.17) is 4.74 Å². The van der Waals surface area contributed by atoms with E-state index in [0.29, 0.717) is 23.5 Å². The van der Waals surface area contributed by atoms with Gasteiger partial charge >= 0.3 is 0 Å². The molecule has 0 aromatic heterocycles. The number of carbonyl (C=O) groups is 2. The van der Waals surface area contributed by atoms with Crippen molar-refractivity contribution in [2.45, 2.75) is 13.5 Å². The van der Waals surface area contributed by atoms with Crippen LogP contribution in [0.1, 0.15) is 21.5 Å². The number of amides is 1. The van der Waals surface area contributed by atoms with E-state index in [0.717, 1.165) is 11.1 Å². The minimum Gasteiger partial charge on any atom is -0.489 e. The zero-order valence-corrected chi connectivity index (χ0v) is 12.9. The number of benzene rings is 2. The van der Waals surface area contributed by atoms with Gasteiger partial charge in [-0.15, -0.1) is 0 Å². The van der Waals surface area contributed by atoms with Crippen LogP contribution in [0.2, 0.25) is 0 Å². The van der Waals surface area contributed by atoms with Crippen molar-refractivity contribution < 1.29 is 14.3 Å². The fraction of sp³-hybridized carbons (Fsp3) is 0.158. The molecule has 0 fully saturated rings. The van der Waals surface area contributed by atoms with Crippen LogP contribution in [0.25, 0.3) is 0 Å². The number of Topliss-reactive ketones (excluding diaryl/α,β-unsaturated/α-hetero) is 1. The Bertz CT molecular complexity index is 781. The molecule has 0 saturated heterocycles. The van der Waals surface area contributed by atoms with Gasteiger partial charge in [0.15, 0.2) is 0 Å². The minimum atomic E-state index is -0.515. The molecule has 0 atom stereocenters. The second kappa shape index (κ2) is 6.08. The van der Waals surface area contributed by atoms with Gasteiger partial charge in [0.1, 0.15) is 12.4 Å².